The summed E-state index contributed by atoms with van der Waals surface area (Å²) in [6.45, 7) is 3.56. The standard InChI is InChI=1S/C13H24N2O5/c1-9(12(17)15-10(2)13(18)19)14-11(16)7-5-4-6-8-20-3/h9-10H,4-8H2,1-3H3,(H,14,16)(H,15,17)(H,18,19)/t9-,10-/m0/s1. The van der Waals surface area contributed by atoms with Crippen LogP contribution in [0.3, 0.4) is 0 Å². The first-order chi connectivity index (χ1) is 9.38. The zero-order valence-electron chi connectivity index (χ0n) is 12.3. The van der Waals surface area contributed by atoms with Crippen molar-refractivity contribution in [2.75, 3.05) is 13.7 Å². The van der Waals surface area contributed by atoms with Gasteiger partial charge in [0.15, 0.2) is 0 Å². The summed E-state index contributed by atoms with van der Waals surface area (Å²) < 4.78 is 4.90. The number of carboxylic acids is 1. The van der Waals surface area contributed by atoms with Crippen molar-refractivity contribution < 1.29 is 24.2 Å². The van der Waals surface area contributed by atoms with Crippen LogP contribution in [-0.4, -0.2) is 48.7 Å². The van der Waals surface area contributed by atoms with Crippen molar-refractivity contribution in [2.45, 2.75) is 51.6 Å². The van der Waals surface area contributed by atoms with Crippen LogP contribution < -0.4 is 10.6 Å². The molecule has 0 fully saturated rings. The topological polar surface area (TPSA) is 105 Å². The summed E-state index contributed by atoms with van der Waals surface area (Å²) in [6, 6.07) is -1.72. The SMILES string of the molecule is COCCCCCC(=O)N[C@@H](C)C(=O)N[C@@H](C)C(=O)O. The molecule has 0 radical (unpaired) electrons. The molecule has 0 saturated carbocycles. The second-order valence-electron chi connectivity index (χ2n) is 4.66. The summed E-state index contributed by atoms with van der Waals surface area (Å²) in [5.74, 6) is -1.84. The Kier molecular flexibility index (Phi) is 9.36. The molecular formula is C13H24N2O5. The van der Waals surface area contributed by atoms with E-state index in [2.05, 4.69) is 10.6 Å². The highest BCUT2D eigenvalue weighted by Crippen LogP contribution is 2.00. The predicted octanol–water partition coefficient (Wildman–Crippen LogP) is 0.287. The van der Waals surface area contributed by atoms with Gasteiger partial charge in [-0.15, -0.1) is 0 Å². The molecule has 116 valence electrons. The van der Waals surface area contributed by atoms with Crippen LogP contribution in [-0.2, 0) is 19.1 Å². The van der Waals surface area contributed by atoms with Crippen molar-refractivity contribution in [3.8, 4) is 0 Å². The first kappa shape index (κ1) is 18.4. The van der Waals surface area contributed by atoms with Gasteiger partial charge in [-0.05, 0) is 26.7 Å². The van der Waals surface area contributed by atoms with Gasteiger partial charge in [0.25, 0.3) is 0 Å². The Balaban J connectivity index is 3.88. The number of nitrogens with one attached hydrogen (secondary N) is 2. The first-order valence-electron chi connectivity index (χ1n) is 6.70. The highest BCUT2D eigenvalue weighted by Gasteiger charge is 2.20. The highest BCUT2D eigenvalue weighted by atomic mass is 16.5. The first-order valence-corrected chi connectivity index (χ1v) is 6.70. The zero-order valence-corrected chi connectivity index (χ0v) is 12.3. The van der Waals surface area contributed by atoms with Gasteiger partial charge in [0.1, 0.15) is 12.1 Å². The molecule has 0 heterocycles. The lowest BCUT2D eigenvalue weighted by atomic mass is 10.2. The van der Waals surface area contributed by atoms with E-state index in [-0.39, 0.29) is 5.91 Å². The van der Waals surface area contributed by atoms with Gasteiger partial charge in [-0.25, -0.2) is 0 Å². The number of aliphatic carboxylic acids is 1. The van der Waals surface area contributed by atoms with Gasteiger partial charge < -0.3 is 20.5 Å². The lowest BCUT2D eigenvalue weighted by Gasteiger charge is -2.16. The molecule has 2 atom stereocenters. The summed E-state index contributed by atoms with van der Waals surface area (Å²) in [5, 5.41) is 13.5. The van der Waals surface area contributed by atoms with E-state index in [9.17, 15) is 14.4 Å². The fourth-order valence-corrected chi connectivity index (χ4v) is 1.49. The molecule has 2 amide bonds. The third kappa shape index (κ3) is 8.47. The number of carbonyl (C=O) groups is 3. The molecule has 0 saturated heterocycles. The van der Waals surface area contributed by atoms with Crippen molar-refractivity contribution in [3.05, 3.63) is 0 Å². The number of carbonyl (C=O) groups excluding carboxylic acids is 2. The molecule has 0 aliphatic heterocycles. The Morgan fingerprint density at radius 1 is 1.05 bits per heavy atom. The van der Waals surface area contributed by atoms with Crippen LogP contribution in [0.25, 0.3) is 0 Å². The fraction of sp³-hybridized carbons (Fsp3) is 0.769. The lowest BCUT2D eigenvalue weighted by molar-refractivity contribution is -0.141. The van der Waals surface area contributed by atoms with Crippen LogP contribution in [0.1, 0.15) is 39.5 Å². The number of unbranched alkanes of at least 4 members (excludes halogenated alkanes) is 2. The summed E-state index contributed by atoms with van der Waals surface area (Å²) >= 11 is 0. The Bertz CT molecular complexity index is 333. The third-order valence-electron chi connectivity index (χ3n) is 2.75. The molecule has 7 heteroatoms. The molecule has 0 bridgehead atoms. The van der Waals surface area contributed by atoms with Crippen LogP contribution in [0.4, 0.5) is 0 Å². The fourth-order valence-electron chi connectivity index (χ4n) is 1.49. The van der Waals surface area contributed by atoms with E-state index in [0.717, 1.165) is 19.3 Å². The van der Waals surface area contributed by atoms with Crippen LogP contribution in [0.15, 0.2) is 0 Å². The largest absolute Gasteiger partial charge is 0.480 e. The van der Waals surface area contributed by atoms with Gasteiger partial charge in [0.2, 0.25) is 11.8 Å². The van der Waals surface area contributed by atoms with E-state index in [1.165, 1.54) is 13.8 Å². The van der Waals surface area contributed by atoms with Crippen LogP contribution >= 0.6 is 0 Å². The number of methoxy groups -OCH3 is 1. The van der Waals surface area contributed by atoms with Gasteiger partial charge in [0.05, 0.1) is 0 Å². The molecule has 0 aromatic heterocycles. The minimum atomic E-state index is -1.12. The number of ether oxygens (including phenoxy) is 1. The molecule has 7 nitrogen and oxygen atoms in total. The molecule has 0 aliphatic rings. The molecule has 20 heavy (non-hydrogen) atoms. The monoisotopic (exact) mass is 288 g/mol. The maximum atomic E-state index is 11.6. The molecule has 3 N–H and O–H groups in total. The van der Waals surface area contributed by atoms with Gasteiger partial charge in [-0.2, -0.15) is 0 Å². The summed E-state index contributed by atoms with van der Waals surface area (Å²) in [4.78, 5) is 33.8. The number of hydrogen-bond acceptors (Lipinski definition) is 4. The predicted molar refractivity (Wildman–Crippen MR) is 73.2 cm³/mol. The van der Waals surface area contributed by atoms with Gasteiger partial charge >= 0.3 is 5.97 Å². The van der Waals surface area contributed by atoms with Gasteiger partial charge in [-0.3, -0.25) is 14.4 Å². The second-order valence-corrected chi connectivity index (χ2v) is 4.66. The van der Waals surface area contributed by atoms with E-state index in [4.69, 9.17) is 9.84 Å². The Labute approximate surface area is 119 Å². The Hall–Kier alpha value is -1.63. The second kappa shape index (κ2) is 10.2. The molecular weight excluding hydrogens is 264 g/mol. The van der Waals surface area contributed by atoms with Gasteiger partial charge in [-0.1, -0.05) is 6.42 Å². The smallest absolute Gasteiger partial charge is 0.325 e. The number of hydrogen-bond donors (Lipinski definition) is 3. The summed E-state index contributed by atoms with van der Waals surface area (Å²) in [5.41, 5.74) is 0. The quantitative estimate of drug-likeness (QED) is 0.501. The number of rotatable bonds is 10. The molecule has 0 aromatic rings. The molecule has 0 rings (SSSR count). The average Bonchev–Trinajstić information content (AvgIpc) is 2.38. The Morgan fingerprint density at radius 2 is 1.70 bits per heavy atom. The van der Waals surface area contributed by atoms with E-state index < -0.39 is 24.0 Å². The van der Waals surface area contributed by atoms with Crippen molar-refractivity contribution in [3.63, 3.8) is 0 Å². The maximum Gasteiger partial charge on any atom is 0.325 e. The molecule has 0 spiro atoms. The van der Waals surface area contributed by atoms with Crippen LogP contribution in [0.2, 0.25) is 0 Å². The van der Waals surface area contributed by atoms with E-state index in [0.29, 0.717) is 13.0 Å². The minimum absolute atomic E-state index is 0.215. The summed E-state index contributed by atoms with van der Waals surface area (Å²) in [7, 11) is 1.63. The van der Waals surface area contributed by atoms with E-state index in [1.807, 2.05) is 0 Å². The number of amides is 2. The minimum Gasteiger partial charge on any atom is -0.480 e. The van der Waals surface area contributed by atoms with Crippen LogP contribution in [0, 0.1) is 0 Å². The molecule has 0 aromatic carbocycles. The summed E-state index contributed by atoms with van der Waals surface area (Å²) in [6.07, 6.45) is 2.86. The van der Waals surface area contributed by atoms with Gasteiger partial charge in [0, 0.05) is 20.1 Å². The van der Waals surface area contributed by atoms with Crippen molar-refractivity contribution in [1.29, 1.82) is 0 Å². The van der Waals surface area contributed by atoms with Crippen molar-refractivity contribution in [2.24, 2.45) is 0 Å². The number of carboxylic acid groups (broad SMARTS) is 1. The lowest BCUT2D eigenvalue weighted by Crippen LogP contribution is -2.49. The van der Waals surface area contributed by atoms with E-state index in [1.54, 1.807) is 7.11 Å². The highest BCUT2D eigenvalue weighted by molar-refractivity contribution is 5.89. The van der Waals surface area contributed by atoms with Crippen molar-refractivity contribution in [1.82, 2.24) is 10.6 Å². The average molecular weight is 288 g/mol. The maximum absolute atomic E-state index is 11.6. The van der Waals surface area contributed by atoms with Crippen molar-refractivity contribution >= 4 is 17.8 Å². The normalized spacial score (nSPS) is 13.3. The van der Waals surface area contributed by atoms with Crippen LogP contribution in [0.5, 0.6) is 0 Å². The molecule has 0 unspecified atom stereocenters. The molecule has 0 aliphatic carbocycles. The third-order valence-corrected chi connectivity index (χ3v) is 2.75. The Morgan fingerprint density at radius 3 is 2.25 bits per heavy atom. The van der Waals surface area contributed by atoms with E-state index >= 15 is 0 Å². The zero-order chi connectivity index (χ0) is 15.5.